The fourth-order valence-corrected chi connectivity index (χ4v) is 1.57. The van der Waals surface area contributed by atoms with Crippen molar-refractivity contribution in [2.45, 2.75) is 0 Å². The van der Waals surface area contributed by atoms with E-state index in [9.17, 15) is 4.79 Å². The van der Waals surface area contributed by atoms with Crippen molar-refractivity contribution in [1.29, 1.82) is 0 Å². The Bertz CT molecular complexity index is 493. The fourth-order valence-electron chi connectivity index (χ4n) is 1.18. The van der Waals surface area contributed by atoms with E-state index < -0.39 is 0 Å². The molecule has 0 fully saturated rings. The maximum atomic E-state index is 11.2. The molecule has 0 bridgehead atoms. The first-order valence-corrected chi connectivity index (χ1v) is 4.87. The van der Waals surface area contributed by atoms with Crippen LogP contribution in [-0.4, -0.2) is 9.97 Å². The van der Waals surface area contributed by atoms with Crippen molar-refractivity contribution >= 4 is 15.9 Å². The number of nitrogens with one attached hydrogen (secondary N) is 1. The molecule has 0 aliphatic heterocycles. The third kappa shape index (κ3) is 1.90. The summed E-state index contributed by atoms with van der Waals surface area (Å²) in [6, 6.07) is 11.0. The van der Waals surface area contributed by atoms with Gasteiger partial charge in [0.1, 0.15) is 0 Å². The quantitative estimate of drug-likeness (QED) is 0.789. The average Bonchev–Trinajstić information content (AvgIpc) is 2.18. The van der Waals surface area contributed by atoms with E-state index in [4.69, 9.17) is 0 Å². The molecule has 0 atom stereocenters. The van der Waals surface area contributed by atoms with E-state index in [1.807, 2.05) is 30.3 Å². The number of halogens is 1. The molecule has 14 heavy (non-hydrogen) atoms. The Morgan fingerprint density at radius 2 is 1.93 bits per heavy atom. The summed E-state index contributed by atoms with van der Waals surface area (Å²) in [4.78, 5) is 17.9. The van der Waals surface area contributed by atoms with Crippen LogP contribution in [0.4, 0.5) is 0 Å². The first kappa shape index (κ1) is 9.15. The summed E-state index contributed by atoms with van der Waals surface area (Å²) < 4.78 is 0.448. The summed E-state index contributed by atoms with van der Waals surface area (Å²) >= 11 is 3.14. The number of H-pyrrole nitrogens is 1. The molecular weight excluding hydrogens is 244 g/mol. The molecule has 4 heteroatoms. The van der Waals surface area contributed by atoms with Crippen molar-refractivity contribution in [2.24, 2.45) is 0 Å². The van der Waals surface area contributed by atoms with Crippen molar-refractivity contribution in [3.8, 4) is 11.3 Å². The highest BCUT2D eigenvalue weighted by molar-refractivity contribution is 9.10. The minimum atomic E-state index is -0.161. The van der Waals surface area contributed by atoms with Gasteiger partial charge in [-0.15, -0.1) is 0 Å². The fraction of sp³-hybridized carbons (Fsp3) is 0. The van der Waals surface area contributed by atoms with Crippen molar-refractivity contribution in [3.63, 3.8) is 0 Å². The smallest absolute Gasteiger partial charge is 0.252 e. The lowest BCUT2D eigenvalue weighted by molar-refractivity contribution is 1.07. The van der Waals surface area contributed by atoms with Crippen molar-refractivity contribution < 1.29 is 0 Å². The molecule has 1 N–H and O–H groups in total. The zero-order valence-corrected chi connectivity index (χ0v) is 8.78. The van der Waals surface area contributed by atoms with E-state index >= 15 is 0 Å². The number of aromatic amines is 1. The normalized spacial score (nSPS) is 10.1. The van der Waals surface area contributed by atoms with Gasteiger partial charge in [-0.05, 0) is 15.9 Å². The Hall–Kier alpha value is -1.42. The highest BCUT2D eigenvalue weighted by atomic mass is 79.9. The van der Waals surface area contributed by atoms with Gasteiger partial charge >= 0.3 is 0 Å². The predicted octanol–water partition coefficient (Wildman–Crippen LogP) is 2.20. The lowest BCUT2D eigenvalue weighted by Crippen LogP contribution is -2.06. The molecule has 2 aromatic rings. The number of nitrogens with zero attached hydrogens (tertiary/aromatic N) is 1. The molecule has 2 rings (SSSR count). The minimum absolute atomic E-state index is 0.161. The van der Waals surface area contributed by atoms with Crippen LogP contribution in [0.1, 0.15) is 0 Å². The third-order valence-electron chi connectivity index (χ3n) is 1.78. The van der Waals surface area contributed by atoms with Gasteiger partial charge in [-0.2, -0.15) is 0 Å². The number of hydrogen-bond acceptors (Lipinski definition) is 2. The van der Waals surface area contributed by atoms with Gasteiger partial charge in [-0.3, -0.25) is 4.79 Å². The molecule has 0 saturated heterocycles. The molecule has 0 aliphatic rings. The van der Waals surface area contributed by atoms with E-state index in [1.165, 1.54) is 6.07 Å². The van der Waals surface area contributed by atoms with E-state index in [0.29, 0.717) is 10.4 Å². The molecule has 1 aromatic carbocycles. The molecule has 0 unspecified atom stereocenters. The van der Waals surface area contributed by atoms with Crippen LogP contribution < -0.4 is 5.56 Å². The van der Waals surface area contributed by atoms with E-state index in [2.05, 4.69) is 25.9 Å². The maximum absolute atomic E-state index is 11.2. The summed E-state index contributed by atoms with van der Waals surface area (Å²) in [6.45, 7) is 0. The monoisotopic (exact) mass is 250 g/mol. The minimum Gasteiger partial charge on any atom is -0.301 e. The van der Waals surface area contributed by atoms with Gasteiger partial charge in [0.05, 0.1) is 5.69 Å². The Balaban J connectivity index is 2.58. The van der Waals surface area contributed by atoms with Crippen LogP contribution in [-0.2, 0) is 0 Å². The van der Waals surface area contributed by atoms with Crippen molar-refractivity contribution in [3.05, 3.63) is 51.5 Å². The molecule has 0 aliphatic carbocycles. The molecule has 0 amide bonds. The second-order valence-corrected chi connectivity index (χ2v) is 3.54. The summed E-state index contributed by atoms with van der Waals surface area (Å²) in [5, 5.41) is 0. The SMILES string of the molecule is O=c1cc(-c2ccccc2)nc(Br)[nH]1. The van der Waals surface area contributed by atoms with Crippen LogP contribution in [0.5, 0.6) is 0 Å². The molecule has 0 spiro atoms. The lowest BCUT2D eigenvalue weighted by atomic mass is 10.1. The molecular formula is C10H7BrN2O. The van der Waals surface area contributed by atoms with Gasteiger partial charge in [0, 0.05) is 11.6 Å². The number of benzene rings is 1. The average molecular weight is 251 g/mol. The molecule has 3 nitrogen and oxygen atoms in total. The Labute approximate surface area is 89.0 Å². The summed E-state index contributed by atoms with van der Waals surface area (Å²) in [7, 11) is 0. The van der Waals surface area contributed by atoms with Gasteiger partial charge in [0.15, 0.2) is 4.73 Å². The predicted molar refractivity (Wildman–Crippen MR) is 58.0 cm³/mol. The number of hydrogen-bond donors (Lipinski definition) is 1. The Kier molecular flexibility index (Phi) is 2.45. The van der Waals surface area contributed by atoms with Gasteiger partial charge in [0.2, 0.25) is 0 Å². The molecule has 70 valence electrons. The van der Waals surface area contributed by atoms with Crippen LogP contribution >= 0.6 is 15.9 Å². The van der Waals surface area contributed by atoms with Gasteiger partial charge in [-0.1, -0.05) is 30.3 Å². The molecule has 1 aromatic heterocycles. The number of aromatic nitrogens is 2. The zero-order valence-electron chi connectivity index (χ0n) is 7.20. The van der Waals surface area contributed by atoms with Crippen LogP contribution in [0.3, 0.4) is 0 Å². The third-order valence-corrected chi connectivity index (χ3v) is 2.16. The lowest BCUT2D eigenvalue weighted by Gasteiger charge is -1.99. The Morgan fingerprint density at radius 1 is 1.21 bits per heavy atom. The summed E-state index contributed by atoms with van der Waals surface area (Å²) in [5.41, 5.74) is 1.44. The molecule has 0 radical (unpaired) electrons. The highest BCUT2D eigenvalue weighted by Crippen LogP contribution is 2.15. The first-order valence-electron chi connectivity index (χ1n) is 4.08. The largest absolute Gasteiger partial charge is 0.301 e. The topological polar surface area (TPSA) is 45.8 Å². The van der Waals surface area contributed by atoms with Crippen LogP contribution in [0.2, 0.25) is 0 Å². The van der Waals surface area contributed by atoms with Gasteiger partial charge in [0.25, 0.3) is 5.56 Å². The van der Waals surface area contributed by atoms with Crippen LogP contribution in [0, 0.1) is 0 Å². The second kappa shape index (κ2) is 3.75. The van der Waals surface area contributed by atoms with E-state index in [1.54, 1.807) is 0 Å². The van der Waals surface area contributed by atoms with Crippen LogP contribution in [0.25, 0.3) is 11.3 Å². The maximum Gasteiger partial charge on any atom is 0.252 e. The molecule has 0 saturated carbocycles. The van der Waals surface area contributed by atoms with E-state index in [0.717, 1.165) is 5.56 Å². The highest BCUT2D eigenvalue weighted by Gasteiger charge is 2.00. The van der Waals surface area contributed by atoms with E-state index in [-0.39, 0.29) is 5.56 Å². The number of rotatable bonds is 1. The summed E-state index contributed by atoms with van der Waals surface area (Å²) in [5.74, 6) is 0. The van der Waals surface area contributed by atoms with Crippen LogP contribution in [0.15, 0.2) is 45.9 Å². The van der Waals surface area contributed by atoms with Gasteiger partial charge in [-0.25, -0.2) is 4.98 Å². The zero-order chi connectivity index (χ0) is 9.97. The van der Waals surface area contributed by atoms with Gasteiger partial charge < -0.3 is 4.98 Å². The molecule has 1 heterocycles. The standard InChI is InChI=1S/C10H7BrN2O/c11-10-12-8(6-9(14)13-10)7-4-2-1-3-5-7/h1-6H,(H,12,13,14). The first-order chi connectivity index (χ1) is 6.75. The second-order valence-electron chi connectivity index (χ2n) is 2.79. The Morgan fingerprint density at radius 3 is 2.57 bits per heavy atom. The van der Waals surface area contributed by atoms with Crippen molar-refractivity contribution in [1.82, 2.24) is 9.97 Å². The van der Waals surface area contributed by atoms with Crippen molar-refractivity contribution in [2.75, 3.05) is 0 Å². The summed E-state index contributed by atoms with van der Waals surface area (Å²) in [6.07, 6.45) is 0.